The molecule has 0 aliphatic heterocycles. The maximum Gasteiger partial charge on any atom is 0.125 e. The van der Waals surface area contributed by atoms with E-state index in [0.29, 0.717) is 30.1 Å². The lowest BCUT2D eigenvalue weighted by atomic mass is 9.68. The van der Waals surface area contributed by atoms with Gasteiger partial charge in [0.05, 0.1) is 12.7 Å². The van der Waals surface area contributed by atoms with Crippen LogP contribution in [0.25, 0.3) is 0 Å². The summed E-state index contributed by atoms with van der Waals surface area (Å²) < 4.78 is 18.2. The first-order chi connectivity index (χ1) is 7.05. The summed E-state index contributed by atoms with van der Waals surface area (Å²) in [6.07, 6.45) is 1.35. The molecule has 3 heteroatoms. The fourth-order valence-corrected chi connectivity index (χ4v) is 2.36. The Balaban J connectivity index is 2.38. The summed E-state index contributed by atoms with van der Waals surface area (Å²) >= 11 is 0. The van der Waals surface area contributed by atoms with E-state index in [1.54, 1.807) is 6.07 Å². The number of hydrogen-bond acceptors (Lipinski definition) is 2. The number of hydrogen-bond donors (Lipinski definition) is 1. The van der Waals surface area contributed by atoms with E-state index in [4.69, 9.17) is 4.74 Å². The van der Waals surface area contributed by atoms with E-state index in [2.05, 4.69) is 6.92 Å². The number of halogens is 1. The fourth-order valence-electron chi connectivity index (χ4n) is 2.36. The minimum atomic E-state index is -0.896. The van der Waals surface area contributed by atoms with E-state index in [0.717, 1.165) is 0 Å². The predicted octanol–water partition coefficient (Wildman–Crippen LogP) is 2.45. The lowest BCUT2D eigenvalue weighted by Gasteiger charge is -2.42. The third-order valence-electron chi connectivity index (χ3n) is 3.04. The second-order valence-corrected chi connectivity index (χ2v) is 4.39. The van der Waals surface area contributed by atoms with Crippen LogP contribution in [0.5, 0.6) is 5.75 Å². The van der Waals surface area contributed by atoms with Crippen molar-refractivity contribution in [1.29, 1.82) is 0 Å². The van der Waals surface area contributed by atoms with E-state index in [9.17, 15) is 9.50 Å². The van der Waals surface area contributed by atoms with Gasteiger partial charge in [-0.05, 0) is 37.0 Å². The molecule has 15 heavy (non-hydrogen) atoms. The fraction of sp³-hybridized carbons (Fsp3) is 0.500. The predicted molar refractivity (Wildman–Crippen MR) is 55.2 cm³/mol. The lowest BCUT2D eigenvalue weighted by Crippen LogP contribution is -2.40. The van der Waals surface area contributed by atoms with Gasteiger partial charge in [-0.1, -0.05) is 6.92 Å². The standard InChI is InChI=1S/C12H15FO2/c1-8-6-12(14,7-8)10-5-9(13)3-4-11(10)15-2/h3-5,8,14H,6-7H2,1-2H3. The molecule has 2 nitrogen and oxygen atoms in total. The first-order valence-electron chi connectivity index (χ1n) is 5.11. The van der Waals surface area contributed by atoms with Gasteiger partial charge in [-0.3, -0.25) is 0 Å². The molecule has 0 radical (unpaired) electrons. The molecule has 1 aliphatic rings. The SMILES string of the molecule is COc1ccc(F)cc1C1(O)CC(C)C1. The van der Waals surface area contributed by atoms with Gasteiger partial charge in [0.25, 0.3) is 0 Å². The Bertz CT molecular complexity index is 370. The highest BCUT2D eigenvalue weighted by Gasteiger charge is 2.43. The van der Waals surface area contributed by atoms with Gasteiger partial charge in [0.1, 0.15) is 11.6 Å². The Kier molecular flexibility index (Phi) is 2.43. The highest BCUT2D eigenvalue weighted by atomic mass is 19.1. The van der Waals surface area contributed by atoms with Crippen molar-refractivity contribution >= 4 is 0 Å². The Morgan fingerprint density at radius 1 is 1.47 bits per heavy atom. The molecule has 1 aromatic rings. The number of aliphatic hydroxyl groups is 1. The van der Waals surface area contributed by atoms with Gasteiger partial charge in [0, 0.05) is 5.56 Å². The maximum absolute atomic E-state index is 13.1. The highest BCUT2D eigenvalue weighted by Crippen LogP contribution is 2.48. The molecule has 0 unspecified atom stereocenters. The molecule has 0 heterocycles. The molecule has 1 N–H and O–H groups in total. The van der Waals surface area contributed by atoms with Crippen molar-refractivity contribution in [2.45, 2.75) is 25.4 Å². The number of rotatable bonds is 2. The van der Waals surface area contributed by atoms with Crippen LogP contribution >= 0.6 is 0 Å². The van der Waals surface area contributed by atoms with Crippen LogP contribution in [0.15, 0.2) is 18.2 Å². The van der Waals surface area contributed by atoms with Crippen molar-refractivity contribution in [2.75, 3.05) is 7.11 Å². The van der Waals surface area contributed by atoms with Crippen LogP contribution in [0.2, 0.25) is 0 Å². The van der Waals surface area contributed by atoms with Crippen LogP contribution in [0, 0.1) is 11.7 Å². The summed E-state index contributed by atoms with van der Waals surface area (Å²) in [5.74, 6) is 0.715. The van der Waals surface area contributed by atoms with Crippen molar-refractivity contribution < 1.29 is 14.2 Å². The molecular weight excluding hydrogens is 195 g/mol. The minimum Gasteiger partial charge on any atom is -0.496 e. The van der Waals surface area contributed by atoms with Crippen molar-refractivity contribution in [2.24, 2.45) is 5.92 Å². The maximum atomic E-state index is 13.1. The second kappa shape index (κ2) is 3.49. The van der Waals surface area contributed by atoms with E-state index < -0.39 is 5.60 Å². The molecule has 0 bridgehead atoms. The van der Waals surface area contributed by atoms with E-state index in [1.807, 2.05) is 0 Å². The Morgan fingerprint density at radius 3 is 2.67 bits per heavy atom. The van der Waals surface area contributed by atoms with Crippen molar-refractivity contribution in [3.63, 3.8) is 0 Å². The average Bonchev–Trinajstić information content (AvgIpc) is 2.15. The molecule has 2 rings (SSSR count). The van der Waals surface area contributed by atoms with Gasteiger partial charge < -0.3 is 9.84 Å². The van der Waals surface area contributed by atoms with Crippen LogP contribution in [0.4, 0.5) is 4.39 Å². The van der Waals surface area contributed by atoms with Crippen molar-refractivity contribution in [3.05, 3.63) is 29.6 Å². The van der Waals surface area contributed by atoms with Gasteiger partial charge in [0.15, 0.2) is 0 Å². The molecule has 0 atom stereocenters. The Morgan fingerprint density at radius 2 is 2.13 bits per heavy atom. The Labute approximate surface area is 88.7 Å². The van der Waals surface area contributed by atoms with Gasteiger partial charge in [-0.2, -0.15) is 0 Å². The molecule has 0 aromatic heterocycles. The lowest BCUT2D eigenvalue weighted by molar-refractivity contribution is -0.0753. The second-order valence-electron chi connectivity index (χ2n) is 4.39. The summed E-state index contributed by atoms with van der Waals surface area (Å²) in [6.45, 7) is 2.07. The van der Waals surface area contributed by atoms with Crippen LogP contribution < -0.4 is 4.74 Å². The molecule has 1 aliphatic carbocycles. The number of methoxy groups -OCH3 is 1. The van der Waals surface area contributed by atoms with Crippen LogP contribution in [-0.4, -0.2) is 12.2 Å². The zero-order chi connectivity index (χ0) is 11.1. The summed E-state index contributed by atoms with van der Waals surface area (Å²) in [5.41, 5.74) is -0.324. The summed E-state index contributed by atoms with van der Waals surface area (Å²) in [5, 5.41) is 10.2. The van der Waals surface area contributed by atoms with Gasteiger partial charge in [-0.15, -0.1) is 0 Å². The highest BCUT2D eigenvalue weighted by molar-refractivity contribution is 5.39. The molecule has 1 fully saturated rings. The van der Waals surface area contributed by atoms with Gasteiger partial charge in [0.2, 0.25) is 0 Å². The summed E-state index contributed by atoms with van der Waals surface area (Å²) in [6, 6.07) is 4.27. The van der Waals surface area contributed by atoms with E-state index >= 15 is 0 Å². The molecule has 0 amide bonds. The monoisotopic (exact) mass is 210 g/mol. The Hall–Kier alpha value is -1.09. The molecule has 82 valence electrons. The quantitative estimate of drug-likeness (QED) is 0.812. The van der Waals surface area contributed by atoms with E-state index in [1.165, 1.54) is 19.2 Å². The average molecular weight is 210 g/mol. The normalized spacial score (nSPS) is 29.7. The zero-order valence-electron chi connectivity index (χ0n) is 8.96. The number of ether oxygens (including phenoxy) is 1. The van der Waals surface area contributed by atoms with Crippen LogP contribution in [0.1, 0.15) is 25.3 Å². The molecular formula is C12H15FO2. The third kappa shape index (κ3) is 1.72. The van der Waals surface area contributed by atoms with Crippen molar-refractivity contribution in [3.8, 4) is 5.75 Å². The van der Waals surface area contributed by atoms with Crippen LogP contribution in [0.3, 0.4) is 0 Å². The molecule has 0 spiro atoms. The summed E-state index contributed by atoms with van der Waals surface area (Å²) in [7, 11) is 1.53. The molecule has 1 aromatic carbocycles. The van der Waals surface area contributed by atoms with Gasteiger partial charge in [-0.25, -0.2) is 4.39 Å². The minimum absolute atomic E-state index is 0.334. The van der Waals surface area contributed by atoms with Gasteiger partial charge >= 0.3 is 0 Å². The first kappa shape index (κ1) is 10.4. The third-order valence-corrected chi connectivity index (χ3v) is 3.04. The van der Waals surface area contributed by atoms with Crippen LogP contribution in [-0.2, 0) is 5.60 Å². The molecule has 0 saturated heterocycles. The largest absolute Gasteiger partial charge is 0.496 e. The topological polar surface area (TPSA) is 29.5 Å². The van der Waals surface area contributed by atoms with Crippen molar-refractivity contribution in [1.82, 2.24) is 0 Å². The zero-order valence-corrected chi connectivity index (χ0v) is 8.96. The van der Waals surface area contributed by atoms with E-state index in [-0.39, 0.29) is 5.82 Å². The molecule has 1 saturated carbocycles. The number of benzene rings is 1. The smallest absolute Gasteiger partial charge is 0.125 e. The summed E-state index contributed by atoms with van der Waals surface area (Å²) in [4.78, 5) is 0. The first-order valence-corrected chi connectivity index (χ1v) is 5.11.